The van der Waals surface area contributed by atoms with Crippen molar-refractivity contribution in [1.29, 1.82) is 0 Å². The Morgan fingerprint density at radius 3 is 2.79 bits per heavy atom. The van der Waals surface area contributed by atoms with Crippen LogP contribution in [0, 0.1) is 11.8 Å². The van der Waals surface area contributed by atoms with E-state index in [1.54, 1.807) is 7.11 Å². The first kappa shape index (κ1) is 14.4. The van der Waals surface area contributed by atoms with E-state index in [9.17, 15) is 5.11 Å². The average molecular weight is 263 g/mol. The summed E-state index contributed by atoms with van der Waals surface area (Å²) in [6.45, 7) is 7.95. The summed E-state index contributed by atoms with van der Waals surface area (Å²) in [5.74, 6) is 2.49. The van der Waals surface area contributed by atoms with Gasteiger partial charge in [-0.15, -0.1) is 0 Å². The summed E-state index contributed by atoms with van der Waals surface area (Å²) in [4.78, 5) is 2.49. The number of methoxy groups -OCH3 is 1. The van der Waals surface area contributed by atoms with E-state index in [1.807, 2.05) is 12.1 Å². The first-order chi connectivity index (χ1) is 9.13. The van der Waals surface area contributed by atoms with Crippen molar-refractivity contribution in [2.45, 2.75) is 33.4 Å². The summed E-state index contributed by atoms with van der Waals surface area (Å²) < 4.78 is 5.42. The van der Waals surface area contributed by atoms with E-state index >= 15 is 0 Å². The number of hydrogen-bond acceptors (Lipinski definition) is 3. The summed E-state index contributed by atoms with van der Waals surface area (Å²) in [5.41, 5.74) is 2.13. The zero-order valence-corrected chi connectivity index (χ0v) is 12.2. The van der Waals surface area contributed by atoms with E-state index in [2.05, 4.69) is 24.8 Å². The Kier molecular flexibility index (Phi) is 4.83. The average Bonchev–Trinajstić information content (AvgIpc) is 2.87. The van der Waals surface area contributed by atoms with Gasteiger partial charge in [0.05, 0.1) is 13.7 Å². The molecule has 0 radical (unpaired) electrons. The summed E-state index contributed by atoms with van der Waals surface area (Å²) in [6.07, 6.45) is 1.29. The fraction of sp³-hybridized carbons (Fsp3) is 0.625. The number of likely N-dealkylation sites (tertiary alicyclic amines) is 1. The van der Waals surface area contributed by atoms with E-state index in [0.29, 0.717) is 0 Å². The molecular weight excluding hydrogens is 238 g/mol. The summed E-state index contributed by atoms with van der Waals surface area (Å²) in [7, 11) is 1.71. The Labute approximate surface area is 116 Å². The zero-order chi connectivity index (χ0) is 13.8. The summed E-state index contributed by atoms with van der Waals surface area (Å²) in [6, 6.07) is 5.93. The molecule has 1 atom stereocenters. The van der Waals surface area contributed by atoms with Gasteiger partial charge >= 0.3 is 0 Å². The minimum absolute atomic E-state index is 0.0889. The number of rotatable bonds is 5. The van der Waals surface area contributed by atoms with Gasteiger partial charge in [-0.3, -0.25) is 4.90 Å². The molecule has 1 saturated heterocycles. The number of nitrogens with zero attached hydrogens (tertiary/aromatic N) is 1. The van der Waals surface area contributed by atoms with Crippen molar-refractivity contribution in [3.05, 3.63) is 29.3 Å². The van der Waals surface area contributed by atoms with Crippen LogP contribution in [0.1, 0.15) is 31.4 Å². The van der Waals surface area contributed by atoms with E-state index in [0.717, 1.165) is 36.2 Å². The quantitative estimate of drug-likeness (QED) is 0.886. The Bertz CT molecular complexity index is 417. The van der Waals surface area contributed by atoms with Crippen LogP contribution in [0.2, 0.25) is 0 Å². The fourth-order valence-corrected chi connectivity index (χ4v) is 2.85. The van der Waals surface area contributed by atoms with Gasteiger partial charge < -0.3 is 9.84 Å². The molecule has 0 spiro atoms. The SMILES string of the molecule is COc1ccc(CO)cc1CN1CCC(C(C)C)C1. The minimum atomic E-state index is 0.0889. The van der Waals surface area contributed by atoms with Crippen LogP contribution < -0.4 is 4.74 Å². The molecule has 106 valence electrons. The molecule has 1 aromatic rings. The van der Waals surface area contributed by atoms with Crippen LogP contribution in [0.25, 0.3) is 0 Å². The minimum Gasteiger partial charge on any atom is -0.496 e. The van der Waals surface area contributed by atoms with Gasteiger partial charge in [0.15, 0.2) is 0 Å². The number of aliphatic hydroxyl groups is 1. The fourth-order valence-electron chi connectivity index (χ4n) is 2.85. The van der Waals surface area contributed by atoms with Crippen molar-refractivity contribution >= 4 is 0 Å². The Morgan fingerprint density at radius 1 is 1.42 bits per heavy atom. The number of aliphatic hydroxyl groups excluding tert-OH is 1. The standard InChI is InChI=1S/C16H25NO2/c1-12(2)14-6-7-17(9-14)10-15-8-13(11-18)4-5-16(15)19-3/h4-5,8,12,14,18H,6-7,9-11H2,1-3H3. The largest absolute Gasteiger partial charge is 0.496 e. The van der Waals surface area contributed by atoms with Gasteiger partial charge in [0, 0.05) is 18.7 Å². The lowest BCUT2D eigenvalue weighted by atomic mass is 9.95. The highest BCUT2D eigenvalue weighted by molar-refractivity contribution is 5.37. The number of hydrogen-bond donors (Lipinski definition) is 1. The normalized spacial score (nSPS) is 20.2. The molecule has 1 N–H and O–H groups in total. The second-order valence-corrected chi connectivity index (χ2v) is 5.83. The third-order valence-corrected chi connectivity index (χ3v) is 4.17. The van der Waals surface area contributed by atoms with Gasteiger partial charge in [-0.1, -0.05) is 19.9 Å². The molecule has 0 saturated carbocycles. The Morgan fingerprint density at radius 2 is 2.21 bits per heavy atom. The van der Waals surface area contributed by atoms with Crippen LogP contribution in [0.4, 0.5) is 0 Å². The first-order valence-electron chi connectivity index (χ1n) is 7.13. The van der Waals surface area contributed by atoms with E-state index in [1.165, 1.54) is 18.5 Å². The highest BCUT2D eigenvalue weighted by Crippen LogP contribution is 2.28. The molecule has 3 heteroatoms. The number of ether oxygens (including phenoxy) is 1. The predicted molar refractivity (Wildman–Crippen MR) is 77.1 cm³/mol. The molecule has 1 aliphatic rings. The van der Waals surface area contributed by atoms with E-state index in [4.69, 9.17) is 4.74 Å². The van der Waals surface area contributed by atoms with Gasteiger partial charge in [-0.25, -0.2) is 0 Å². The van der Waals surface area contributed by atoms with Gasteiger partial charge in [0.1, 0.15) is 5.75 Å². The van der Waals surface area contributed by atoms with Gasteiger partial charge in [0.2, 0.25) is 0 Å². The highest BCUT2D eigenvalue weighted by Gasteiger charge is 2.25. The lowest BCUT2D eigenvalue weighted by Gasteiger charge is -2.19. The van der Waals surface area contributed by atoms with Crippen LogP contribution >= 0.6 is 0 Å². The second-order valence-electron chi connectivity index (χ2n) is 5.83. The first-order valence-corrected chi connectivity index (χ1v) is 7.13. The zero-order valence-electron chi connectivity index (χ0n) is 12.2. The second kappa shape index (κ2) is 6.40. The molecule has 19 heavy (non-hydrogen) atoms. The molecular formula is C16H25NO2. The topological polar surface area (TPSA) is 32.7 Å². The monoisotopic (exact) mass is 263 g/mol. The third-order valence-electron chi connectivity index (χ3n) is 4.17. The third kappa shape index (κ3) is 3.48. The molecule has 0 aromatic heterocycles. The van der Waals surface area contributed by atoms with Crippen molar-refractivity contribution in [1.82, 2.24) is 4.90 Å². The molecule has 0 bridgehead atoms. The molecule has 3 nitrogen and oxygen atoms in total. The van der Waals surface area contributed by atoms with Crippen LogP contribution in [0.3, 0.4) is 0 Å². The number of benzene rings is 1. The molecule has 0 amide bonds. The lowest BCUT2D eigenvalue weighted by molar-refractivity contribution is 0.278. The predicted octanol–water partition coefficient (Wildman–Crippen LogP) is 2.67. The maximum absolute atomic E-state index is 9.25. The Hall–Kier alpha value is -1.06. The van der Waals surface area contributed by atoms with E-state index < -0.39 is 0 Å². The van der Waals surface area contributed by atoms with Gasteiger partial charge in [-0.05, 0) is 42.5 Å². The van der Waals surface area contributed by atoms with Crippen LogP contribution in [-0.2, 0) is 13.2 Å². The molecule has 0 aliphatic carbocycles. The molecule has 1 fully saturated rings. The van der Waals surface area contributed by atoms with Crippen LogP contribution in [0.15, 0.2) is 18.2 Å². The Balaban J connectivity index is 2.06. The van der Waals surface area contributed by atoms with Crippen LogP contribution in [-0.4, -0.2) is 30.2 Å². The summed E-state index contributed by atoms with van der Waals surface area (Å²) in [5, 5.41) is 9.25. The van der Waals surface area contributed by atoms with Crippen molar-refractivity contribution in [2.75, 3.05) is 20.2 Å². The van der Waals surface area contributed by atoms with Crippen molar-refractivity contribution in [3.63, 3.8) is 0 Å². The van der Waals surface area contributed by atoms with Crippen molar-refractivity contribution < 1.29 is 9.84 Å². The lowest BCUT2D eigenvalue weighted by Crippen LogP contribution is -2.21. The summed E-state index contributed by atoms with van der Waals surface area (Å²) >= 11 is 0. The highest BCUT2D eigenvalue weighted by atomic mass is 16.5. The smallest absolute Gasteiger partial charge is 0.123 e. The molecule has 1 aliphatic heterocycles. The molecule has 1 unspecified atom stereocenters. The molecule has 2 rings (SSSR count). The van der Waals surface area contributed by atoms with E-state index in [-0.39, 0.29) is 6.61 Å². The van der Waals surface area contributed by atoms with Gasteiger partial charge in [-0.2, -0.15) is 0 Å². The molecule has 1 heterocycles. The molecule has 1 aromatic carbocycles. The maximum Gasteiger partial charge on any atom is 0.123 e. The van der Waals surface area contributed by atoms with Crippen molar-refractivity contribution in [2.24, 2.45) is 11.8 Å². The van der Waals surface area contributed by atoms with Crippen molar-refractivity contribution in [3.8, 4) is 5.75 Å². The van der Waals surface area contributed by atoms with Crippen LogP contribution in [0.5, 0.6) is 5.75 Å². The van der Waals surface area contributed by atoms with Gasteiger partial charge in [0.25, 0.3) is 0 Å². The maximum atomic E-state index is 9.25.